The quantitative estimate of drug-likeness (QED) is 0.614. The molecule has 0 radical (unpaired) electrons. The number of carbonyl (C=O) groups excluding carboxylic acids is 2. The lowest BCUT2D eigenvalue weighted by molar-refractivity contribution is -0.137. The highest BCUT2D eigenvalue weighted by molar-refractivity contribution is 5.91. The Labute approximate surface area is 171 Å². The summed E-state index contributed by atoms with van der Waals surface area (Å²) in [6, 6.07) is 11.7. The Morgan fingerprint density at radius 2 is 1.83 bits per heavy atom. The molecule has 0 spiro atoms. The first-order chi connectivity index (χ1) is 14.3. The lowest BCUT2D eigenvalue weighted by Gasteiger charge is -2.12. The van der Waals surface area contributed by atoms with Gasteiger partial charge in [0.1, 0.15) is 12.4 Å². The zero-order chi connectivity index (χ0) is 21.7. The number of imidazole rings is 1. The van der Waals surface area contributed by atoms with Crippen LogP contribution in [0.3, 0.4) is 0 Å². The molecule has 0 aliphatic carbocycles. The van der Waals surface area contributed by atoms with Crippen LogP contribution in [0.15, 0.2) is 48.5 Å². The van der Waals surface area contributed by atoms with E-state index < -0.39 is 17.6 Å². The monoisotopic (exact) mass is 418 g/mol. The fourth-order valence-corrected chi connectivity index (χ4v) is 3.05. The highest BCUT2D eigenvalue weighted by Crippen LogP contribution is 2.30. The summed E-state index contributed by atoms with van der Waals surface area (Å²) in [4.78, 5) is 28.5. The van der Waals surface area contributed by atoms with Crippen molar-refractivity contribution in [2.24, 2.45) is 0 Å². The van der Waals surface area contributed by atoms with Crippen LogP contribution in [-0.4, -0.2) is 27.9 Å². The maximum atomic E-state index is 12.9. The van der Waals surface area contributed by atoms with E-state index in [1.165, 1.54) is 12.1 Å². The SMILES string of the molecule is CCC(=O)NCCc1nc2ccccc2n1CC(=O)Nc1cccc(C(F)(F)F)c1. The van der Waals surface area contributed by atoms with Gasteiger partial charge in [-0.2, -0.15) is 13.2 Å². The number of carbonyl (C=O) groups is 2. The normalized spacial score (nSPS) is 11.5. The van der Waals surface area contributed by atoms with Gasteiger partial charge in [-0.05, 0) is 30.3 Å². The van der Waals surface area contributed by atoms with Crippen LogP contribution >= 0.6 is 0 Å². The number of nitrogens with zero attached hydrogens (tertiary/aromatic N) is 2. The third kappa shape index (κ3) is 5.16. The van der Waals surface area contributed by atoms with Gasteiger partial charge in [-0.25, -0.2) is 4.98 Å². The van der Waals surface area contributed by atoms with Crippen LogP contribution < -0.4 is 10.6 Å². The van der Waals surface area contributed by atoms with Crippen molar-refractivity contribution in [3.8, 4) is 0 Å². The summed E-state index contributed by atoms with van der Waals surface area (Å²) in [6.07, 6.45) is -3.70. The Morgan fingerprint density at radius 3 is 2.57 bits per heavy atom. The number of halogens is 3. The molecule has 1 aromatic heterocycles. The number of hydrogen-bond acceptors (Lipinski definition) is 3. The molecular weight excluding hydrogens is 397 g/mol. The molecule has 2 aromatic carbocycles. The number of fused-ring (bicyclic) bond motifs is 1. The Balaban J connectivity index is 1.78. The van der Waals surface area contributed by atoms with Gasteiger partial charge in [0.15, 0.2) is 0 Å². The smallest absolute Gasteiger partial charge is 0.356 e. The number of amides is 2. The Morgan fingerprint density at radius 1 is 1.07 bits per heavy atom. The van der Waals surface area contributed by atoms with Crippen molar-refractivity contribution < 1.29 is 22.8 Å². The molecule has 0 atom stereocenters. The number of rotatable bonds is 7. The van der Waals surface area contributed by atoms with Crippen LogP contribution in [0, 0.1) is 0 Å². The van der Waals surface area contributed by atoms with Gasteiger partial charge in [-0.1, -0.05) is 25.1 Å². The molecule has 0 saturated heterocycles. The lowest BCUT2D eigenvalue weighted by atomic mass is 10.2. The summed E-state index contributed by atoms with van der Waals surface area (Å²) in [5.41, 5.74) is 0.659. The van der Waals surface area contributed by atoms with Crippen LogP contribution in [0.4, 0.5) is 18.9 Å². The first kappa shape index (κ1) is 21.4. The standard InChI is InChI=1S/C21H21F3N4O2/c1-2-19(29)25-11-10-18-27-16-8-3-4-9-17(16)28(18)13-20(30)26-15-7-5-6-14(12-15)21(22,23)24/h3-9,12H,2,10-11,13H2,1H3,(H,25,29)(H,26,30). The van der Waals surface area contributed by atoms with Crippen molar-refractivity contribution in [1.82, 2.24) is 14.9 Å². The molecular formula is C21H21F3N4O2. The number of alkyl halides is 3. The Kier molecular flexibility index (Phi) is 6.39. The summed E-state index contributed by atoms with van der Waals surface area (Å²) < 4.78 is 40.4. The number of aromatic nitrogens is 2. The number of nitrogens with one attached hydrogen (secondary N) is 2. The Hall–Kier alpha value is -3.36. The topological polar surface area (TPSA) is 76.0 Å². The molecule has 0 fully saturated rings. The molecule has 2 amide bonds. The molecule has 0 aliphatic heterocycles. The predicted octanol–water partition coefficient (Wildman–Crippen LogP) is 3.76. The molecule has 6 nitrogen and oxygen atoms in total. The average Bonchev–Trinajstić information content (AvgIpc) is 3.04. The third-order valence-corrected chi connectivity index (χ3v) is 4.50. The van der Waals surface area contributed by atoms with E-state index in [0.29, 0.717) is 30.7 Å². The van der Waals surface area contributed by atoms with Crippen molar-refractivity contribution in [1.29, 1.82) is 0 Å². The molecule has 0 aliphatic rings. The molecule has 9 heteroatoms. The van der Waals surface area contributed by atoms with Crippen LogP contribution in [0.2, 0.25) is 0 Å². The minimum Gasteiger partial charge on any atom is -0.356 e. The van der Waals surface area contributed by atoms with Gasteiger partial charge in [0.2, 0.25) is 11.8 Å². The van der Waals surface area contributed by atoms with Gasteiger partial charge >= 0.3 is 6.18 Å². The predicted molar refractivity (Wildman–Crippen MR) is 107 cm³/mol. The molecule has 0 unspecified atom stereocenters. The molecule has 3 rings (SSSR count). The van der Waals surface area contributed by atoms with Gasteiger partial charge in [0, 0.05) is 25.1 Å². The fourth-order valence-electron chi connectivity index (χ4n) is 3.05. The second-order valence-corrected chi connectivity index (χ2v) is 6.68. The first-order valence-corrected chi connectivity index (χ1v) is 9.46. The van der Waals surface area contributed by atoms with Crippen molar-refractivity contribution in [3.63, 3.8) is 0 Å². The van der Waals surface area contributed by atoms with Crippen LogP contribution in [0.25, 0.3) is 11.0 Å². The van der Waals surface area contributed by atoms with Crippen LogP contribution in [0.1, 0.15) is 24.7 Å². The van der Waals surface area contributed by atoms with Gasteiger partial charge < -0.3 is 15.2 Å². The number of hydrogen-bond donors (Lipinski definition) is 2. The number of para-hydroxylation sites is 2. The van der Waals surface area contributed by atoms with Gasteiger partial charge in [0.25, 0.3) is 0 Å². The third-order valence-electron chi connectivity index (χ3n) is 4.50. The van der Waals surface area contributed by atoms with Gasteiger partial charge in [-0.3, -0.25) is 9.59 Å². The van der Waals surface area contributed by atoms with Gasteiger partial charge in [0.05, 0.1) is 16.6 Å². The van der Waals surface area contributed by atoms with E-state index in [4.69, 9.17) is 0 Å². The maximum absolute atomic E-state index is 12.9. The number of anilines is 1. The highest BCUT2D eigenvalue weighted by Gasteiger charge is 2.30. The molecule has 2 N–H and O–H groups in total. The minimum atomic E-state index is -4.49. The van der Waals surface area contributed by atoms with E-state index in [2.05, 4.69) is 15.6 Å². The van der Waals surface area contributed by atoms with E-state index in [1.807, 2.05) is 24.3 Å². The highest BCUT2D eigenvalue weighted by atomic mass is 19.4. The zero-order valence-corrected chi connectivity index (χ0v) is 16.3. The lowest BCUT2D eigenvalue weighted by Crippen LogP contribution is -2.26. The fraction of sp³-hybridized carbons (Fsp3) is 0.286. The van der Waals surface area contributed by atoms with Crippen molar-refractivity contribution in [3.05, 3.63) is 59.9 Å². The second-order valence-electron chi connectivity index (χ2n) is 6.68. The van der Waals surface area contributed by atoms with Crippen LogP contribution in [-0.2, 0) is 28.7 Å². The van der Waals surface area contributed by atoms with Gasteiger partial charge in [-0.15, -0.1) is 0 Å². The summed E-state index contributed by atoms with van der Waals surface area (Å²) in [6.45, 7) is 2.00. The van der Waals surface area contributed by atoms with E-state index in [0.717, 1.165) is 17.6 Å². The summed E-state index contributed by atoms with van der Waals surface area (Å²) >= 11 is 0. The van der Waals surface area contributed by atoms with Crippen molar-refractivity contribution >= 4 is 28.5 Å². The molecule has 0 bridgehead atoms. The number of benzene rings is 2. The molecule has 158 valence electrons. The van der Waals surface area contributed by atoms with Crippen LogP contribution in [0.5, 0.6) is 0 Å². The molecule has 3 aromatic rings. The summed E-state index contributed by atoms with van der Waals surface area (Å²) in [5, 5.41) is 5.28. The zero-order valence-electron chi connectivity index (χ0n) is 16.3. The largest absolute Gasteiger partial charge is 0.416 e. The Bertz CT molecular complexity index is 1060. The second kappa shape index (κ2) is 8.98. The van der Waals surface area contributed by atoms with E-state index in [-0.39, 0.29) is 18.1 Å². The molecule has 30 heavy (non-hydrogen) atoms. The molecule has 0 saturated carbocycles. The first-order valence-electron chi connectivity index (χ1n) is 9.46. The average molecular weight is 418 g/mol. The maximum Gasteiger partial charge on any atom is 0.416 e. The van der Waals surface area contributed by atoms with E-state index in [1.54, 1.807) is 11.5 Å². The molecule has 1 heterocycles. The van der Waals surface area contributed by atoms with E-state index >= 15 is 0 Å². The van der Waals surface area contributed by atoms with E-state index in [9.17, 15) is 22.8 Å². The summed E-state index contributed by atoms with van der Waals surface area (Å²) in [5.74, 6) is 0.0445. The minimum absolute atomic E-state index is 0.0657. The summed E-state index contributed by atoms with van der Waals surface area (Å²) in [7, 11) is 0. The van der Waals surface area contributed by atoms with Crippen molar-refractivity contribution in [2.45, 2.75) is 32.5 Å². The van der Waals surface area contributed by atoms with Crippen molar-refractivity contribution in [2.75, 3.05) is 11.9 Å².